The third kappa shape index (κ3) is 2.78. The number of rotatable bonds is 4. The molecule has 0 saturated carbocycles. The smallest absolute Gasteiger partial charge is 0.254 e. The van der Waals surface area contributed by atoms with Gasteiger partial charge in [-0.1, -0.05) is 28.1 Å². The van der Waals surface area contributed by atoms with Gasteiger partial charge >= 0.3 is 0 Å². The Morgan fingerprint density at radius 3 is 2.63 bits per heavy atom. The van der Waals surface area contributed by atoms with Crippen molar-refractivity contribution in [3.8, 4) is 11.3 Å². The van der Waals surface area contributed by atoms with Gasteiger partial charge in [-0.05, 0) is 24.1 Å². The van der Waals surface area contributed by atoms with Gasteiger partial charge in [0.25, 0.3) is 5.69 Å². The molecule has 0 aliphatic rings. The molecule has 1 aromatic heterocycles. The molecule has 1 aromatic carbocycles. The Labute approximate surface area is 119 Å². The molecule has 0 fully saturated rings. The van der Waals surface area contributed by atoms with E-state index >= 15 is 0 Å². The lowest BCUT2D eigenvalue weighted by Crippen LogP contribution is -2.05. The summed E-state index contributed by atoms with van der Waals surface area (Å²) in [5.41, 5.74) is 7.71. The normalized spacial score (nSPS) is 10.4. The van der Waals surface area contributed by atoms with Crippen molar-refractivity contribution in [1.82, 2.24) is 9.78 Å². The van der Waals surface area contributed by atoms with Crippen molar-refractivity contribution >= 4 is 27.4 Å². The number of benzene rings is 1. The minimum Gasteiger partial charge on any atom is -0.396 e. The van der Waals surface area contributed by atoms with Gasteiger partial charge < -0.3 is 10.8 Å². The van der Waals surface area contributed by atoms with Crippen LogP contribution in [0.25, 0.3) is 16.1 Å². The Morgan fingerprint density at radius 1 is 1.37 bits per heavy atom. The molecule has 6 heteroatoms. The highest BCUT2D eigenvalue weighted by Crippen LogP contribution is 2.35. The first-order chi connectivity index (χ1) is 9.17. The van der Waals surface area contributed by atoms with Crippen molar-refractivity contribution in [3.63, 3.8) is 0 Å². The van der Waals surface area contributed by atoms with Crippen molar-refractivity contribution in [1.29, 1.82) is 0 Å². The van der Waals surface area contributed by atoms with Gasteiger partial charge in [-0.3, -0.25) is 4.68 Å². The first kappa shape index (κ1) is 13.6. The maximum absolute atomic E-state index is 8.85. The van der Waals surface area contributed by atoms with Gasteiger partial charge in [-0.15, -0.1) is 0 Å². The monoisotopic (exact) mass is 320 g/mol. The van der Waals surface area contributed by atoms with E-state index in [1.807, 2.05) is 24.3 Å². The molecule has 0 aliphatic heterocycles. The third-order valence-electron chi connectivity index (χ3n) is 2.72. The summed E-state index contributed by atoms with van der Waals surface area (Å²) in [5.74, 6) is 0.348. The highest BCUT2D eigenvalue weighted by atomic mass is 79.9. The first-order valence-corrected chi connectivity index (χ1v) is 6.57. The van der Waals surface area contributed by atoms with Crippen LogP contribution in [0.15, 0.2) is 28.7 Å². The fourth-order valence-electron chi connectivity index (χ4n) is 1.77. The van der Waals surface area contributed by atoms with Crippen molar-refractivity contribution in [2.24, 2.45) is 0 Å². The summed E-state index contributed by atoms with van der Waals surface area (Å²) >= 11 is 3.37. The van der Waals surface area contributed by atoms with Gasteiger partial charge in [0, 0.05) is 17.6 Å². The van der Waals surface area contributed by atoms with Crippen molar-refractivity contribution < 1.29 is 5.11 Å². The second kappa shape index (κ2) is 5.87. The maximum atomic E-state index is 8.85. The quantitative estimate of drug-likeness (QED) is 0.851. The van der Waals surface area contributed by atoms with Crippen LogP contribution in [0.1, 0.15) is 6.42 Å². The Hall–Kier alpha value is -1.84. The molecule has 98 valence electrons. The highest BCUT2D eigenvalue weighted by molar-refractivity contribution is 9.10. The zero-order chi connectivity index (χ0) is 13.8. The third-order valence-corrected chi connectivity index (χ3v) is 3.25. The summed E-state index contributed by atoms with van der Waals surface area (Å²) in [6.07, 6.45) is 0.559. The average Bonchev–Trinajstić information content (AvgIpc) is 2.73. The molecule has 3 N–H and O–H groups in total. The zero-order valence-corrected chi connectivity index (χ0v) is 11.8. The van der Waals surface area contributed by atoms with E-state index < -0.39 is 0 Å². The maximum Gasteiger partial charge on any atom is 0.254 e. The Balaban J connectivity index is 2.45. The number of nitrogens with zero attached hydrogens (tertiary/aromatic N) is 3. The zero-order valence-electron chi connectivity index (χ0n) is 10.2. The molecule has 0 aliphatic carbocycles. The largest absolute Gasteiger partial charge is 0.396 e. The molecule has 0 unspecified atom stereocenters. The van der Waals surface area contributed by atoms with E-state index in [0.717, 1.165) is 10.0 Å². The van der Waals surface area contributed by atoms with Crippen LogP contribution in [-0.2, 0) is 6.54 Å². The first-order valence-electron chi connectivity index (χ1n) is 5.78. The molecule has 0 amide bonds. The van der Waals surface area contributed by atoms with Gasteiger partial charge in [0.2, 0.25) is 0 Å². The van der Waals surface area contributed by atoms with E-state index in [0.29, 0.717) is 30.2 Å². The SMILES string of the molecule is [C-]#[N+]c1c(-c2ccc(Br)cc2)nn(CCCO)c1N. The highest BCUT2D eigenvalue weighted by Gasteiger charge is 2.16. The fraction of sp³-hybridized carbons (Fsp3) is 0.231. The van der Waals surface area contributed by atoms with Crippen LogP contribution >= 0.6 is 15.9 Å². The summed E-state index contributed by atoms with van der Waals surface area (Å²) in [6.45, 7) is 7.81. The predicted molar refractivity (Wildman–Crippen MR) is 77.7 cm³/mol. The molecule has 2 rings (SSSR count). The molecule has 5 nitrogen and oxygen atoms in total. The van der Waals surface area contributed by atoms with Crippen LogP contribution in [0.5, 0.6) is 0 Å². The van der Waals surface area contributed by atoms with Gasteiger partial charge in [0.1, 0.15) is 11.5 Å². The predicted octanol–water partition coefficient (Wildman–Crippen LogP) is 2.83. The second-order valence-corrected chi connectivity index (χ2v) is 4.92. The van der Waals surface area contributed by atoms with E-state index in [-0.39, 0.29) is 6.61 Å². The van der Waals surface area contributed by atoms with Crippen LogP contribution in [0, 0.1) is 6.57 Å². The molecule has 19 heavy (non-hydrogen) atoms. The van der Waals surface area contributed by atoms with E-state index in [4.69, 9.17) is 17.4 Å². The van der Waals surface area contributed by atoms with Crippen LogP contribution in [0.2, 0.25) is 0 Å². The van der Waals surface area contributed by atoms with E-state index in [1.165, 1.54) is 0 Å². The second-order valence-electron chi connectivity index (χ2n) is 4.00. The minimum absolute atomic E-state index is 0.0697. The van der Waals surface area contributed by atoms with Gasteiger partial charge in [0.05, 0.1) is 6.57 Å². The molecule has 0 bridgehead atoms. The number of nitrogen functional groups attached to an aromatic ring is 1. The standard InChI is InChI=1S/C13H13BrN4O/c1-16-12-11(9-3-5-10(14)6-4-9)17-18(13(12)15)7-2-8-19/h3-6,19H,2,7-8,15H2. The lowest BCUT2D eigenvalue weighted by molar-refractivity contribution is 0.277. The van der Waals surface area contributed by atoms with Crippen LogP contribution < -0.4 is 5.73 Å². The topological polar surface area (TPSA) is 68.4 Å². The summed E-state index contributed by atoms with van der Waals surface area (Å²) in [4.78, 5) is 3.47. The fourth-order valence-corrected chi connectivity index (χ4v) is 2.03. The Kier molecular flexibility index (Phi) is 4.20. The Morgan fingerprint density at radius 2 is 2.05 bits per heavy atom. The number of anilines is 1. The number of aliphatic hydroxyl groups is 1. The van der Waals surface area contributed by atoms with Gasteiger partial charge in [0.15, 0.2) is 0 Å². The molecule has 0 atom stereocenters. The van der Waals surface area contributed by atoms with Crippen molar-refractivity contribution in [3.05, 3.63) is 40.2 Å². The van der Waals surface area contributed by atoms with Crippen LogP contribution in [0.4, 0.5) is 11.5 Å². The number of aromatic nitrogens is 2. The number of halogens is 1. The van der Waals surface area contributed by atoms with Gasteiger partial charge in [-0.2, -0.15) is 5.10 Å². The average molecular weight is 321 g/mol. The van der Waals surface area contributed by atoms with Crippen molar-refractivity contribution in [2.75, 3.05) is 12.3 Å². The summed E-state index contributed by atoms with van der Waals surface area (Å²) < 4.78 is 2.54. The number of hydrogen-bond acceptors (Lipinski definition) is 3. The Bertz CT molecular complexity index is 613. The number of aryl methyl sites for hydroxylation is 1. The van der Waals surface area contributed by atoms with Crippen LogP contribution in [-0.4, -0.2) is 21.5 Å². The molecule has 2 aromatic rings. The lowest BCUT2D eigenvalue weighted by Gasteiger charge is -2.01. The van der Waals surface area contributed by atoms with E-state index in [9.17, 15) is 0 Å². The minimum atomic E-state index is 0.0697. The summed E-state index contributed by atoms with van der Waals surface area (Å²) in [6, 6.07) is 7.56. The molecule has 0 spiro atoms. The molecular weight excluding hydrogens is 308 g/mol. The molecule has 0 radical (unpaired) electrons. The number of aliphatic hydroxyl groups excluding tert-OH is 1. The van der Waals surface area contributed by atoms with Gasteiger partial charge in [-0.25, -0.2) is 4.85 Å². The van der Waals surface area contributed by atoms with Crippen LogP contribution in [0.3, 0.4) is 0 Å². The lowest BCUT2D eigenvalue weighted by atomic mass is 10.1. The number of hydrogen-bond donors (Lipinski definition) is 2. The molecular formula is C13H13BrN4O. The number of nitrogens with two attached hydrogens (primary N) is 1. The summed E-state index contributed by atoms with van der Waals surface area (Å²) in [5, 5.41) is 13.2. The van der Waals surface area contributed by atoms with E-state index in [1.54, 1.807) is 4.68 Å². The molecule has 0 saturated heterocycles. The van der Waals surface area contributed by atoms with E-state index in [2.05, 4.69) is 25.9 Å². The summed E-state index contributed by atoms with van der Waals surface area (Å²) in [7, 11) is 0. The molecule has 1 heterocycles. The van der Waals surface area contributed by atoms with Crippen molar-refractivity contribution in [2.45, 2.75) is 13.0 Å².